The molecule has 2 aromatic rings. The second-order valence-corrected chi connectivity index (χ2v) is 7.47. The van der Waals surface area contributed by atoms with Crippen LogP contribution in [-0.4, -0.2) is 26.9 Å². The highest BCUT2D eigenvalue weighted by atomic mass is 32.2. The molecule has 0 bridgehead atoms. The Kier molecular flexibility index (Phi) is 4.38. The number of carbonyl (C=O) groups is 1. The number of amides is 1. The van der Waals surface area contributed by atoms with Gasteiger partial charge in [-0.3, -0.25) is 4.79 Å². The first-order valence-corrected chi connectivity index (χ1v) is 9.01. The van der Waals surface area contributed by atoms with Gasteiger partial charge < -0.3 is 4.90 Å². The molecule has 1 aliphatic heterocycles. The molecule has 0 radical (unpaired) electrons. The number of nitrogens with one attached hydrogen (secondary N) is 1. The molecule has 1 aliphatic rings. The van der Waals surface area contributed by atoms with Crippen molar-refractivity contribution < 1.29 is 17.6 Å². The van der Waals surface area contributed by atoms with Gasteiger partial charge in [-0.1, -0.05) is 18.2 Å². The van der Waals surface area contributed by atoms with Crippen molar-refractivity contribution in [2.75, 3.05) is 11.4 Å². The number of carbonyl (C=O) groups excluding carboxylic acids is 1. The van der Waals surface area contributed by atoms with Crippen LogP contribution in [0.15, 0.2) is 53.4 Å². The third kappa shape index (κ3) is 3.32. The topological polar surface area (TPSA) is 66.5 Å². The second kappa shape index (κ2) is 6.33. The molecule has 0 spiro atoms. The molecule has 1 saturated heterocycles. The van der Waals surface area contributed by atoms with Crippen molar-refractivity contribution in [3.63, 3.8) is 0 Å². The average Bonchev–Trinajstić information content (AvgIpc) is 2.88. The first-order valence-electron chi connectivity index (χ1n) is 7.53. The summed E-state index contributed by atoms with van der Waals surface area (Å²) in [6.45, 7) is 2.04. The number of benzene rings is 2. The number of anilines is 1. The minimum atomic E-state index is -3.96. The molecule has 1 N–H and O–H groups in total. The number of para-hydroxylation sites is 1. The van der Waals surface area contributed by atoms with Crippen LogP contribution in [0, 0.1) is 12.7 Å². The molecular formula is C17H17FN2O3S. The van der Waals surface area contributed by atoms with E-state index in [9.17, 15) is 17.6 Å². The van der Waals surface area contributed by atoms with Crippen LogP contribution in [0.2, 0.25) is 0 Å². The van der Waals surface area contributed by atoms with Crippen molar-refractivity contribution in [3.05, 3.63) is 59.9 Å². The van der Waals surface area contributed by atoms with Crippen LogP contribution in [0.25, 0.3) is 0 Å². The normalized spacial score (nSPS) is 18.2. The van der Waals surface area contributed by atoms with Crippen molar-refractivity contribution in [3.8, 4) is 0 Å². The second-order valence-electron chi connectivity index (χ2n) is 5.75. The molecule has 0 saturated carbocycles. The maximum Gasteiger partial charge on any atom is 0.245 e. The SMILES string of the molecule is Cc1cc(F)cc(S(=O)(=O)NC2CCN(c3ccccc3)C2=O)c1. The van der Waals surface area contributed by atoms with Gasteiger partial charge in [-0.05, 0) is 49.2 Å². The van der Waals surface area contributed by atoms with Gasteiger partial charge in [-0.25, -0.2) is 12.8 Å². The quantitative estimate of drug-likeness (QED) is 0.921. The van der Waals surface area contributed by atoms with Crippen LogP contribution in [0.3, 0.4) is 0 Å². The summed E-state index contributed by atoms with van der Waals surface area (Å²) < 4.78 is 40.7. The average molecular weight is 348 g/mol. The van der Waals surface area contributed by atoms with Gasteiger partial charge in [0.1, 0.15) is 11.9 Å². The summed E-state index contributed by atoms with van der Waals surface area (Å²) in [5.41, 5.74) is 1.23. The Morgan fingerprint density at radius 2 is 1.88 bits per heavy atom. The maximum absolute atomic E-state index is 13.5. The molecule has 1 heterocycles. The van der Waals surface area contributed by atoms with E-state index < -0.39 is 21.9 Å². The highest BCUT2D eigenvalue weighted by Gasteiger charge is 2.35. The van der Waals surface area contributed by atoms with E-state index in [1.54, 1.807) is 24.0 Å². The van der Waals surface area contributed by atoms with Crippen molar-refractivity contribution in [2.24, 2.45) is 0 Å². The molecule has 3 rings (SSSR count). The number of aryl methyl sites for hydroxylation is 1. The summed E-state index contributed by atoms with van der Waals surface area (Å²) in [5.74, 6) is -0.933. The Morgan fingerprint density at radius 3 is 2.54 bits per heavy atom. The lowest BCUT2D eigenvalue weighted by molar-refractivity contribution is -0.118. The van der Waals surface area contributed by atoms with Gasteiger partial charge in [0.2, 0.25) is 15.9 Å². The number of rotatable bonds is 4. The third-order valence-electron chi connectivity index (χ3n) is 3.90. The summed E-state index contributed by atoms with van der Waals surface area (Å²) in [5, 5.41) is 0. The molecule has 126 valence electrons. The lowest BCUT2D eigenvalue weighted by Crippen LogP contribution is -2.41. The van der Waals surface area contributed by atoms with Gasteiger partial charge in [0.05, 0.1) is 4.90 Å². The van der Waals surface area contributed by atoms with E-state index in [2.05, 4.69) is 4.72 Å². The summed E-state index contributed by atoms with van der Waals surface area (Å²) in [6.07, 6.45) is 0.362. The zero-order valence-electron chi connectivity index (χ0n) is 13.1. The van der Waals surface area contributed by atoms with Gasteiger partial charge in [-0.2, -0.15) is 4.72 Å². The molecule has 24 heavy (non-hydrogen) atoms. The van der Waals surface area contributed by atoms with Crippen LogP contribution >= 0.6 is 0 Å². The van der Waals surface area contributed by atoms with E-state index in [-0.39, 0.29) is 10.8 Å². The third-order valence-corrected chi connectivity index (χ3v) is 5.35. The van der Waals surface area contributed by atoms with Crippen molar-refractivity contribution >= 4 is 21.6 Å². The van der Waals surface area contributed by atoms with Crippen LogP contribution in [0.5, 0.6) is 0 Å². The van der Waals surface area contributed by atoms with E-state index in [4.69, 9.17) is 0 Å². The van der Waals surface area contributed by atoms with Crippen LogP contribution in [0.4, 0.5) is 10.1 Å². The summed E-state index contributed by atoms with van der Waals surface area (Å²) in [7, 11) is -3.96. The van der Waals surface area contributed by atoms with Crippen LogP contribution < -0.4 is 9.62 Å². The van der Waals surface area contributed by atoms with Gasteiger partial charge in [0, 0.05) is 12.2 Å². The van der Waals surface area contributed by atoms with Crippen molar-refractivity contribution in [1.29, 1.82) is 0 Å². The van der Waals surface area contributed by atoms with Crippen molar-refractivity contribution in [1.82, 2.24) is 4.72 Å². The number of nitrogens with zero attached hydrogens (tertiary/aromatic N) is 1. The number of halogens is 1. The van der Waals surface area contributed by atoms with Crippen LogP contribution in [0.1, 0.15) is 12.0 Å². The molecule has 0 aromatic heterocycles. The Bertz CT molecular complexity index is 848. The molecule has 5 nitrogen and oxygen atoms in total. The first-order chi connectivity index (χ1) is 11.4. The predicted octanol–water partition coefficient (Wildman–Crippen LogP) is 2.22. The standard InChI is InChI=1S/C17H17FN2O3S/c1-12-9-13(18)11-15(10-12)24(22,23)19-16-7-8-20(17(16)21)14-5-3-2-4-6-14/h2-6,9-11,16,19H,7-8H2,1H3. The molecule has 1 atom stereocenters. The fraction of sp³-hybridized carbons (Fsp3) is 0.235. The molecular weight excluding hydrogens is 331 g/mol. The maximum atomic E-state index is 13.5. The van der Waals surface area contributed by atoms with E-state index in [0.717, 1.165) is 11.8 Å². The van der Waals surface area contributed by atoms with Gasteiger partial charge >= 0.3 is 0 Å². The Labute approximate surface area is 140 Å². The summed E-state index contributed by atoms with van der Waals surface area (Å²) in [6, 6.07) is 11.8. The summed E-state index contributed by atoms with van der Waals surface area (Å²) >= 11 is 0. The van der Waals surface area contributed by atoms with Crippen LogP contribution in [-0.2, 0) is 14.8 Å². The highest BCUT2D eigenvalue weighted by Crippen LogP contribution is 2.23. The molecule has 0 aliphatic carbocycles. The minimum Gasteiger partial charge on any atom is -0.311 e. The molecule has 7 heteroatoms. The number of hydrogen-bond donors (Lipinski definition) is 1. The highest BCUT2D eigenvalue weighted by molar-refractivity contribution is 7.89. The van der Waals surface area contributed by atoms with Gasteiger partial charge in [0.15, 0.2) is 0 Å². The monoisotopic (exact) mass is 348 g/mol. The van der Waals surface area contributed by atoms with Gasteiger partial charge in [-0.15, -0.1) is 0 Å². The van der Waals surface area contributed by atoms with E-state index in [1.807, 2.05) is 18.2 Å². The molecule has 1 unspecified atom stereocenters. The smallest absolute Gasteiger partial charge is 0.245 e. The lowest BCUT2D eigenvalue weighted by Gasteiger charge is -2.17. The fourth-order valence-corrected chi connectivity index (χ4v) is 4.10. The molecule has 1 fully saturated rings. The number of hydrogen-bond acceptors (Lipinski definition) is 3. The zero-order chi connectivity index (χ0) is 17.3. The van der Waals surface area contributed by atoms with E-state index in [1.165, 1.54) is 12.1 Å². The Balaban J connectivity index is 1.80. The van der Waals surface area contributed by atoms with Gasteiger partial charge in [0.25, 0.3) is 0 Å². The Morgan fingerprint density at radius 1 is 1.17 bits per heavy atom. The largest absolute Gasteiger partial charge is 0.311 e. The Hall–Kier alpha value is -2.25. The minimum absolute atomic E-state index is 0.175. The van der Waals surface area contributed by atoms with E-state index in [0.29, 0.717) is 18.5 Å². The van der Waals surface area contributed by atoms with E-state index >= 15 is 0 Å². The number of sulfonamides is 1. The zero-order valence-corrected chi connectivity index (χ0v) is 13.9. The lowest BCUT2D eigenvalue weighted by atomic mass is 10.2. The fourth-order valence-electron chi connectivity index (χ4n) is 2.77. The summed E-state index contributed by atoms with van der Waals surface area (Å²) in [4.78, 5) is 13.8. The predicted molar refractivity (Wildman–Crippen MR) is 88.7 cm³/mol. The van der Waals surface area contributed by atoms with Crippen molar-refractivity contribution in [2.45, 2.75) is 24.3 Å². The first kappa shape index (κ1) is 16.6. The molecule has 2 aromatic carbocycles. The molecule has 1 amide bonds.